The van der Waals surface area contributed by atoms with Gasteiger partial charge in [0.1, 0.15) is 16.8 Å². The van der Waals surface area contributed by atoms with E-state index < -0.39 is 10.0 Å². The lowest BCUT2D eigenvalue weighted by atomic mass is 10.2. The van der Waals surface area contributed by atoms with E-state index in [1.165, 1.54) is 18.3 Å². The van der Waals surface area contributed by atoms with Gasteiger partial charge in [0.25, 0.3) is 10.0 Å². The summed E-state index contributed by atoms with van der Waals surface area (Å²) in [5, 5.41) is 8.97. The topological polar surface area (TPSA) is 82.8 Å². The van der Waals surface area contributed by atoms with Gasteiger partial charge in [0.2, 0.25) is 0 Å². The van der Waals surface area contributed by atoms with Crippen molar-refractivity contribution in [2.24, 2.45) is 0 Å². The van der Waals surface area contributed by atoms with E-state index in [1.807, 2.05) is 6.07 Å². The van der Waals surface area contributed by atoms with Crippen LogP contribution in [0.3, 0.4) is 0 Å². The Bertz CT molecular complexity index is 798. The number of hydrogen-bond acceptors (Lipinski definition) is 4. The highest BCUT2D eigenvalue weighted by Gasteiger charge is 2.19. The summed E-state index contributed by atoms with van der Waals surface area (Å²) in [7, 11) is -3.84. The van der Waals surface area contributed by atoms with Crippen LogP contribution in [0.2, 0.25) is 0 Å². The van der Waals surface area contributed by atoms with Crippen LogP contribution in [0.1, 0.15) is 11.1 Å². The molecular formula is C13H10BrN3O2S. The van der Waals surface area contributed by atoms with Crippen LogP contribution in [0.15, 0.2) is 45.9 Å². The molecule has 0 bridgehead atoms. The minimum absolute atomic E-state index is 0.0633. The van der Waals surface area contributed by atoms with Crippen molar-refractivity contribution in [3.63, 3.8) is 0 Å². The van der Waals surface area contributed by atoms with Crippen LogP contribution >= 0.6 is 15.9 Å². The number of pyridine rings is 1. The molecule has 1 aromatic carbocycles. The summed E-state index contributed by atoms with van der Waals surface area (Å²) in [5.41, 5.74) is 0.771. The monoisotopic (exact) mass is 351 g/mol. The van der Waals surface area contributed by atoms with Crippen LogP contribution in [-0.4, -0.2) is 13.4 Å². The van der Waals surface area contributed by atoms with Gasteiger partial charge < -0.3 is 0 Å². The average Bonchev–Trinajstić information content (AvgIpc) is 2.42. The van der Waals surface area contributed by atoms with E-state index >= 15 is 0 Å². The Kier molecular flexibility index (Phi) is 4.06. The Morgan fingerprint density at radius 1 is 1.35 bits per heavy atom. The van der Waals surface area contributed by atoms with E-state index in [1.54, 1.807) is 25.1 Å². The number of anilines is 1. The van der Waals surface area contributed by atoms with Crippen molar-refractivity contribution in [1.82, 2.24) is 4.98 Å². The standard InChI is InChI=1S/C13H10BrN3O2S/c1-9-6-11(14)8-16-13(9)17-20(18,19)12-5-3-2-4-10(12)7-15/h2-6,8H,1H3,(H,16,17). The largest absolute Gasteiger partial charge is 0.264 e. The third-order valence-electron chi connectivity index (χ3n) is 2.57. The zero-order chi connectivity index (χ0) is 14.8. The van der Waals surface area contributed by atoms with Gasteiger partial charge in [-0.15, -0.1) is 0 Å². The molecule has 0 spiro atoms. The number of benzene rings is 1. The fourth-order valence-electron chi connectivity index (χ4n) is 1.62. The van der Waals surface area contributed by atoms with E-state index in [4.69, 9.17) is 5.26 Å². The second-order valence-electron chi connectivity index (χ2n) is 4.03. The molecule has 0 amide bonds. The Balaban J connectivity index is 2.44. The molecule has 20 heavy (non-hydrogen) atoms. The molecule has 0 fully saturated rings. The molecule has 0 aliphatic rings. The number of aromatic nitrogens is 1. The lowest BCUT2D eigenvalue weighted by molar-refractivity contribution is 0.600. The average molecular weight is 352 g/mol. The van der Waals surface area contributed by atoms with E-state index in [-0.39, 0.29) is 16.3 Å². The molecule has 0 aliphatic heterocycles. The van der Waals surface area contributed by atoms with Crippen LogP contribution in [0.4, 0.5) is 5.82 Å². The number of halogens is 1. The van der Waals surface area contributed by atoms with Gasteiger partial charge >= 0.3 is 0 Å². The third kappa shape index (κ3) is 2.98. The SMILES string of the molecule is Cc1cc(Br)cnc1NS(=O)(=O)c1ccccc1C#N. The first-order chi connectivity index (χ1) is 9.44. The molecule has 1 N–H and O–H groups in total. The zero-order valence-electron chi connectivity index (χ0n) is 10.5. The van der Waals surface area contributed by atoms with Gasteiger partial charge in [0.05, 0.1) is 5.56 Å². The summed E-state index contributed by atoms with van der Waals surface area (Å²) < 4.78 is 27.8. The highest BCUT2D eigenvalue weighted by molar-refractivity contribution is 9.10. The van der Waals surface area contributed by atoms with Crippen molar-refractivity contribution in [2.75, 3.05) is 4.72 Å². The van der Waals surface area contributed by atoms with Gasteiger partial charge in [-0.25, -0.2) is 13.4 Å². The maximum atomic E-state index is 12.3. The summed E-state index contributed by atoms with van der Waals surface area (Å²) in [4.78, 5) is 3.96. The Labute approximate surface area is 125 Å². The van der Waals surface area contributed by atoms with E-state index in [2.05, 4.69) is 25.6 Å². The third-order valence-corrected chi connectivity index (χ3v) is 4.40. The summed E-state index contributed by atoms with van der Waals surface area (Å²) in [6, 6.07) is 9.63. The molecule has 2 aromatic rings. The summed E-state index contributed by atoms with van der Waals surface area (Å²) in [6.45, 7) is 1.74. The first-order valence-corrected chi connectivity index (χ1v) is 7.86. The minimum Gasteiger partial charge on any atom is -0.263 e. The Morgan fingerprint density at radius 2 is 2.05 bits per heavy atom. The maximum absolute atomic E-state index is 12.3. The number of nitriles is 1. The van der Waals surface area contributed by atoms with Crippen LogP contribution in [-0.2, 0) is 10.0 Å². The lowest BCUT2D eigenvalue weighted by Crippen LogP contribution is -2.16. The number of aryl methyl sites for hydroxylation is 1. The van der Waals surface area contributed by atoms with Gasteiger partial charge in [-0.3, -0.25) is 4.72 Å². The molecule has 0 atom stereocenters. The number of sulfonamides is 1. The molecule has 1 aromatic heterocycles. The normalized spacial score (nSPS) is 10.8. The molecule has 0 saturated carbocycles. The number of nitrogens with one attached hydrogen (secondary N) is 1. The molecule has 0 aliphatic carbocycles. The van der Waals surface area contributed by atoms with E-state index in [0.29, 0.717) is 5.56 Å². The van der Waals surface area contributed by atoms with Crippen LogP contribution in [0.5, 0.6) is 0 Å². The van der Waals surface area contributed by atoms with Crippen LogP contribution in [0.25, 0.3) is 0 Å². The van der Waals surface area contributed by atoms with E-state index in [0.717, 1.165) is 4.47 Å². The van der Waals surface area contributed by atoms with E-state index in [9.17, 15) is 8.42 Å². The fraction of sp³-hybridized carbons (Fsp3) is 0.0769. The van der Waals surface area contributed by atoms with Crippen molar-refractivity contribution in [3.05, 3.63) is 52.1 Å². The van der Waals surface area contributed by atoms with Gasteiger partial charge in [0.15, 0.2) is 0 Å². The highest BCUT2D eigenvalue weighted by atomic mass is 79.9. The quantitative estimate of drug-likeness (QED) is 0.921. The predicted octanol–water partition coefficient (Wildman–Crippen LogP) is 2.83. The molecule has 2 rings (SSSR count). The molecule has 0 unspecified atom stereocenters. The van der Waals surface area contributed by atoms with Crippen LogP contribution in [0, 0.1) is 18.3 Å². The second-order valence-corrected chi connectivity index (χ2v) is 6.60. The summed E-state index contributed by atoms with van der Waals surface area (Å²) >= 11 is 3.26. The molecule has 1 heterocycles. The lowest BCUT2D eigenvalue weighted by Gasteiger charge is -2.10. The number of hydrogen-bond donors (Lipinski definition) is 1. The molecule has 7 heteroatoms. The smallest absolute Gasteiger partial charge is 0.263 e. The van der Waals surface area contributed by atoms with Gasteiger partial charge in [-0.05, 0) is 46.6 Å². The highest BCUT2D eigenvalue weighted by Crippen LogP contribution is 2.22. The molecule has 102 valence electrons. The van der Waals surface area contributed by atoms with Gasteiger partial charge in [-0.1, -0.05) is 12.1 Å². The molecule has 0 radical (unpaired) electrons. The van der Waals surface area contributed by atoms with Crippen molar-refractivity contribution in [2.45, 2.75) is 11.8 Å². The van der Waals surface area contributed by atoms with Gasteiger partial charge in [0, 0.05) is 10.7 Å². The van der Waals surface area contributed by atoms with Crippen LogP contribution < -0.4 is 4.72 Å². The minimum atomic E-state index is -3.84. The molecule has 0 saturated heterocycles. The maximum Gasteiger partial charge on any atom is 0.264 e. The van der Waals surface area contributed by atoms with Crippen molar-refractivity contribution < 1.29 is 8.42 Å². The summed E-state index contributed by atoms with van der Waals surface area (Å²) in [6.07, 6.45) is 1.50. The zero-order valence-corrected chi connectivity index (χ0v) is 12.9. The fourth-order valence-corrected chi connectivity index (χ4v) is 3.31. The predicted molar refractivity (Wildman–Crippen MR) is 78.6 cm³/mol. The van der Waals surface area contributed by atoms with Crippen molar-refractivity contribution in [1.29, 1.82) is 5.26 Å². The summed E-state index contributed by atoms with van der Waals surface area (Å²) in [5.74, 6) is 0.237. The van der Waals surface area contributed by atoms with Crippen molar-refractivity contribution >= 4 is 31.8 Å². The first-order valence-electron chi connectivity index (χ1n) is 5.58. The number of nitrogens with zero attached hydrogens (tertiary/aromatic N) is 2. The molecular weight excluding hydrogens is 342 g/mol. The molecule has 5 nitrogen and oxygen atoms in total. The first kappa shape index (κ1) is 14.5. The number of rotatable bonds is 3. The van der Waals surface area contributed by atoms with Crippen molar-refractivity contribution in [3.8, 4) is 6.07 Å². The Hall–Kier alpha value is -1.91. The Morgan fingerprint density at radius 3 is 2.70 bits per heavy atom. The van der Waals surface area contributed by atoms with Gasteiger partial charge in [-0.2, -0.15) is 5.26 Å². The second kappa shape index (κ2) is 5.61.